The third-order valence-corrected chi connectivity index (χ3v) is 9.50. The van der Waals surface area contributed by atoms with Gasteiger partial charge in [-0.15, -0.1) is 0 Å². The first-order valence-corrected chi connectivity index (χ1v) is 17.2. The van der Waals surface area contributed by atoms with E-state index in [1.807, 2.05) is 6.33 Å². The molecule has 3 saturated heterocycles. The van der Waals surface area contributed by atoms with Crippen LogP contribution in [0.15, 0.2) is 30.6 Å². The normalized spacial score (nSPS) is 23.3. The zero-order valence-corrected chi connectivity index (χ0v) is 26.7. The Morgan fingerprint density at radius 1 is 0.870 bits per heavy atom. The maximum atomic E-state index is 12.4. The third kappa shape index (κ3) is 7.71. The van der Waals surface area contributed by atoms with E-state index in [4.69, 9.17) is 29.3 Å². The van der Waals surface area contributed by atoms with Crippen molar-refractivity contribution < 1.29 is 19.1 Å². The zero-order chi connectivity index (χ0) is 31.1. The first-order valence-electron chi connectivity index (χ1n) is 17.2. The second kappa shape index (κ2) is 14.9. The number of ether oxygens (including phenoxy) is 2. The van der Waals surface area contributed by atoms with Gasteiger partial charge in [0.05, 0.1) is 12.9 Å². The molecule has 3 aliphatic heterocycles. The number of fused-ring (bicyclic) bond motifs is 1. The number of amides is 1. The quantitative estimate of drug-likeness (QED) is 0.268. The molecular weight excluding hydrogens is 586 g/mol. The van der Waals surface area contributed by atoms with Gasteiger partial charge in [-0.3, -0.25) is 14.3 Å². The van der Waals surface area contributed by atoms with Crippen LogP contribution in [-0.4, -0.2) is 88.6 Å². The van der Waals surface area contributed by atoms with Crippen LogP contribution >= 0.6 is 0 Å². The highest BCUT2D eigenvalue weighted by molar-refractivity contribution is 5.85. The minimum Gasteiger partial charge on any atom is -0.369 e. The summed E-state index contributed by atoms with van der Waals surface area (Å²) < 4.78 is 13.7. The van der Waals surface area contributed by atoms with Crippen molar-refractivity contribution in [2.75, 3.05) is 61.5 Å². The number of benzene rings is 1. The highest BCUT2D eigenvalue weighted by atomic mass is 16.8. The van der Waals surface area contributed by atoms with Crippen LogP contribution in [-0.2, 0) is 19.1 Å². The molecule has 0 radical (unpaired) electrons. The lowest BCUT2D eigenvalue weighted by molar-refractivity contribution is -0.200. The first-order chi connectivity index (χ1) is 22.7. The van der Waals surface area contributed by atoms with Crippen molar-refractivity contribution in [1.82, 2.24) is 29.9 Å². The molecule has 2 atom stereocenters. The molecule has 46 heavy (non-hydrogen) atoms. The van der Waals surface area contributed by atoms with Crippen molar-refractivity contribution in [3.63, 3.8) is 0 Å². The average Bonchev–Trinajstić information content (AvgIpc) is 3.54. The van der Waals surface area contributed by atoms with Gasteiger partial charge in [0.2, 0.25) is 5.95 Å². The lowest BCUT2D eigenvalue weighted by Crippen LogP contribution is -2.49. The van der Waals surface area contributed by atoms with Gasteiger partial charge in [-0.05, 0) is 69.2 Å². The smallest absolute Gasteiger partial charge is 0.257 e. The predicted molar refractivity (Wildman–Crippen MR) is 176 cm³/mol. The van der Waals surface area contributed by atoms with Crippen molar-refractivity contribution in [3.8, 4) is 0 Å². The van der Waals surface area contributed by atoms with Gasteiger partial charge >= 0.3 is 0 Å². The first kappa shape index (κ1) is 31.1. The molecule has 0 bridgehead atoms. The summed E-state index contributed by atoms with van der Waals surface area (Å²) in [5.41, 5.74) is 6.22. The molecule has 4 fully saturated rings. The summed E-state index contributed by atoms with van der Waals surface area (Å²) in [6.45, 7) is 5.05. The van der Waals surface area contributed by atoms with Gasteiger partial charge in [0.25, 0.3) is 5.91 Å². The van der Waals surface area contributed by atoms with Gasteiger partial charge < -0.3 is 25.0 Å². The molecule has 4 aliphatic rings. The van der Waals surface area contributed by atoms with Crippen molar-refractivity contribution in [2.45, 2.75) is 89.2 Å². The molecule has 13 nitrogen and oxygen atoms in total. The number of carbonyl (C=O) groups excluding carboxylic acids is 1. The SMILES string of the molecule is O=C(CN1CCN(c2ccc(Nc3nc(NC4CCCCC4)c4ncn(C5CCCCO5)c4n3)cc2)CC1)NOC1CCCCO1. The molecule has 1 amide bonds. The number of nitrogens with one attached hydrogen (secondary N) is 3. The fourth-order valence-electron chi connectivity index (χ4n) is 6.89. The predicted octanol–water partition coefficient (Wildman–Crippen LogP) is 4.71. The van der Waals surface area contributed by atoms with Crippen LogP contribution in [0.5, 0.6) is 0 Å². The van der Waals surface area contributed by atoms with Crippen LogP contribution in [0.4, 0.5) is 23.1 Å². The fraction of sp³-hybridized carbons (Fsp3) is 0.636. The van der Waals surface area contributed by atoms with Crippen molar-refractivity contribution in [1.29, 1.82) is 0 Å². The van der Waals surface area contributed by atoms with Crippen molar-refractivity contribution in [3.05, 3.63) is 30.6 Å². The number of hydrogen-bond acceptors (Lipinski definition) is 11. The van der Waals surface area contributed by atoms with Gasteiger partial charge in [0.1, 0.15) is 6.23 Å². The van der Waals surface area contributed by atoms with Crippen LogP contribution in [0, 0.1) is 0 Å². The molecule has 0 spiro atoms. The summed E-state index contributed by atoms with van der Waals surface area (Å²) in [6, 6.07) is 8.80. The number of hydrogen-bond donors (Lipinski definition) is 3. The zero-order valence-electron chi connectivity index (χ0n) is 26.7. The van der Waals surface area contributed by atoms with Gasteiger partial charge in [-0.2, -0.15) is 9.97 Å². The molecule has 248 valence electrons. The number of imidazole rings is 1. The highest BCUT2D eigenvalue weighted by Crippen LogP contribution is 2.31. The molecule has 5 heterocycles. The number of aromatic nitrogens is 4. The molecule has 7 rings (SSSR count). The van der Waals surface area contributed by atoms with E-state index in [2.05, 4.69) is 54.7 Å². The molecule has 1 saturated carbocycles. The van der Waals surface area contributed by atoms with Gasteiger partial charge in [0.15, 0.2) is 23.3 Å². The van der Waals surface area contributed by atoms with E-state index < -0.39 is 0 Å². The second-order valence-corrected chi connectivity index (χ2v) is 12.9. The number of carbonyl (C=O) groups is 1. The minimum absolute atomic E-state index is 0.0531. The summed E-state index contributed by atoms with van der Waals surface area (Å²) in [4.78, 5) is 36.9. The Labute approximate surface area is 270 Å². The number of hydroxylamine groups is 1. The van der Waals surface area contributed by atoms with Crippen LogP contribution < -0.4 is 21.0 Å². The van der Waals surface area contributed by atoms with Crippen LogP contribution in [0.2, 0.25) is 0 Å². The Morgan fingerprint density at radius 2 is 1.63 bits per heavy atom. The van der Waals surface area contributed by atoms with E-state index in [9.17, 15) is 4.79 Å². The summed E-state index contributed by atoms with van der Waals surface area (Å²) in [7, 11) is 0. The molecule has 1 aromatic carbocycles. The van der Waals surface area contributed by atoms with E-state index in [0.717, 1.165) is 113 Å². The molecular formula is C33H47N9O4. The Morgan fingerprint density at radius 3 is 2.37 bits per heavy atom. The largest absolute Gasteiger partial charge is 0.369 e. The number of rotatable bonds is 10. The number of anilines is 4. The van der Waals surface area contributed by atoms with Gasteiger partial charge in [-0.25, -0.2) is 15.3 Å². The summed E-state index contributed by atoms with van der Waals surface area (Å²) in [5, 5.41) is 7.15. The van der Waals surface area contributed by atoms with E-state index in [1.54, 1.807) is 0 Å². The van der Waals surface area contributed by atoms with Crippen LogP contribution in [0.1, 0.15) is 76.9 Å². The number of piperazine rings is 1. The Balaban J connectivity index is 0.975. The van der Waals surface area contributed by atoms with Crippen molar-refractivity contribution >= 4 is 40.2 Å². The number of nitrogens with zero attached hydrogens (tertiary/aromatic N) is 6. The van der Waals surface area contributed by atoms with E-state index in [0.29, 0.717) is 25.1 Å². The third-order valence-electron chi connectivity index (χ3n) is 9.50. The minimum atomic E-state index is -0.332. The molecule has 3 N–H and O–H groups in total. The summed E-state index contributed by atoms with van der Waals surface area (Å²) in [6.07, 6.45) is 13.6. The maximum Gasteiger partial charge on any atom is 0.257 e. The molecule has 1 aliphatic carbocycles. The van der Waals surface area contributed by atoms with Crippen molar-refractivity contribution in [2.24, 2.45) is 0 Å². The van der Waals surface area contributed by atoms with Gasteiger partial charge in [0, 0.05) is 63.2 Å². The topological polar surface area (TPSA) is 131 Å². The van der Waals surface area contributed by atoms with E-state index >= 15 is 0 Å². The lowest BCUT2D eigenvalue weighted by atomic mass is 9.95. The summed E-state index contributed by atoms with van der Waals surface area (Å²) in [5.74, 6) is 1.19. The fourth-order valence-corrected chi connectivity index (χ4v) is 6.89. The summed E-state index contributed by atoms with van der Waals surface area (Å²) >= 11 is 0. The highest BCUT2D eigenvalue weighted by Gasteiger charge is 2.24. The van der Waals surface area contributed by atoms with E-state index in [1.165, 1.54) is 19.3 Å². The van der Waals surface area contributed by atoms with Gasteiger partial charge in [-0.1, -0.05) is 19.3 Å². The lowest BCUT2D eigenvalue weighted by Gasteiger charge is -2.35. The Kier molecular flexibility index (Phi) is 10.1. The molecule has 2 aromatic heterocycles. The molecule has 13 heteroatoms. The maximum absolute atomic E-state index is 12.4. The van der Waals surface area contributed by atoms with Crippen LogP contribution in [0.25, 0.3) is 11.2 Å². The standard InChI is InChI=1S/C33H47N9O4/c43-27(39-46-29-11-5-7-21-45-29)22-40-16-18-41(19-17-40)26-14-12-25(13-15-26)36-33-37-31(35-24-8-2-1-3-9-24)30-32(38-33)42(23-34-30)28-10-4-6-20-44-28/h12-15,23-24,28-29H,1-11,16-22H2,(H,39,43)(H2,35,36,37,38). The molecule has 3 aromatic rings. The monoisotopic (exact) mass is 633 g/mol. The molecule has 2 unspecified atom stereocenters. The Bertz CT molecular complexity index is 1420. The Hall–Kier alpha value is -3.52. The van der Waals surface area contributed by atoms with Crippen LogP contribution in [0.3, 0.4) is 0 Å². The average molecular weight is 634 g/mol. The second-order valence-electron chi connectivity index (χ2n) is 12.9. The van der Waals surface area contributed by atoms with E-state index in [-0.39, 0.29) is 18.4 Å².